The second kappa shape index (κ2) is 7.15. The van der Waals surface area contributed by atoms with Crippen LogP contribution in [0.25, 0.3) is 11.1 Å². The van der Waals surface area contributed by atoms with E-state index in [2.05, 4.69) is 10.6 Å². The van der Waals surface area contributed by atoms with E-state index in [1.54, 1.807) is 12.1 Å². The number of benzene rings is 2. The molecule has 0 bridgehead atoms. The number of hydrogen-bond acceptors (Lipinski definition) is 4. The Bertz CT molecular complexity index is 664. The number of ether oxygens (including phenoxy) is 1. The molecule has 5 heteroatoms. The van der Waals surface area contributed by atoms with Gasteiger partial charge < -0.3 is 15.2 Å². The highest BCUT2D eigenvalue weighted by Crippen LogP contribution is 2.29. The number of phenolic OH excluding ortho intramolecular Hbond substituents is 1. The molecule has 120 valence electrons. The van der Waals surface area contributed by atoms with E-state index < -0.39 is 6.09 Å². The standard InChI is InChI=1S/C18H20N2O3/c21-14-7-5-13(6-8-14)16-3-1-2-4-17(16)20-18(22)23-15-9-11-19-12-10-15/h1-8,15,19,21H,9-12H2,(H,20,22). The number of hydrogen-bond donors (Lipinski definition) is 3. The highest BCUT2D eigenvalue weighted by atomic mass is 16.6. The van der Waals surface area contributed by atoms with Gasteiger partial charge in [-0.1, -0.05) is 30.3 Å². The zero-order chi connectivity index (χ0) is 16.1. The molecule has 0 aliphatic carbocycles. The molecular formula is C18H20N2O3. The molecule has 23 heavy (non-hydrogen) atoms. The van der Waals surface area contributed by atoms with Crippen molar-refractivity contribution < 1.29 is 14.6 Å². The van der Waals surface area contributed by atoms with Gasteiger partial charge in [-0.2, -0.15) is 0 Å². The van der Waals surface area contributed by atoms with Crippen molar-refractivity contribution in [2.75, 3.05) is 18.4 Å². The van der Waals surface area contributed by atoms with Gasteiger partial charge in [0.1, 0.15) is 11.9 Å². The number of nitrogens with one attached hydrogen (secondary N) is 2. The summed E-state index contributed by atoms with van der Waals surface area (Å²) in [6.07, 6.45) is 1.22. The van der Waals surface area contributed by atoms with Crippen LogP contribution >= 0.6 is 0 Å². The third-order valence-corrected chi connectivity index (χ3v) is 3.90. The van der Waals surface area contributed by atoms with E-state index in [-0.39, 0.29) is 11.9 Å². The Labute approximate surface area is 135 Å². The van der Waals surface area contributed by atoms with E-state index in [1.165, 1.54) is 0 Å². The summed E-state index contributed by atoms with van der Waals surface area (Å²) in [5, 5.41) is 15.5. The van der Waals surface area contributed by atoms with Gasteiger partial charge in [0.25, 0.3) is 0 Å². The van der Waals surface area contributed by atoms with Crippen molar-refractivity contribution in [3.8, 4) is 16.9 Å². The maximum Gasteiger partial charge on any atom is 0.411 e. The molecule has 0 atom stereocenters. The number of rotatable bonds is 3. The molecule has 3 rings (SSSR count). The largest absolute Gasteiger partial charge is 0.508 e. The molecule has 2 aromatic rings. The van der Waals surface area contributed by atoms with Gasteiger partial charge in [0.15, 0.2) is 0 Å². The predicted molar refractivity (Wildman–Crippen MR) is 89.5 cm³/mol. The van der Waals surface area contributed by atoms with Gasteiger partial charge in [-0.25, -0.2) is 4.79 Å². The number of phenols is 1. The lowest BCUT2D eigenvalue weighted by Crippen LogP contribution is -2.34. The van der Waals surface area contributed by atoms with Gasteiger partial charge in [-0.3, -0.25) is 5.32 Å². The molecule has 3 N–H and O–H groups in total. The average Bonchev–Trinajstić information content (AvgIpc) is 2.57. The topological polar surface area (TPSA) is 70.6 Å². The molecule has 1 aliphatic rings. The summed E-state index contributed by atoms with van der Waals surface area (Å²) >= 11 is 0. The Kier molecular flexibility index (Phi) is 4.78. The number of anilines is 1. The Hall–Kier alpha value is -2.53. The Morgan fingerprint density at radius 3 is 2.52 bits per heavy atom. The van der Waals surface area contributed by atoms with Crippen LogP contribution in [-0.4, -0.2) is 30.4 Å². The molecule has 0 aromatic heterocycles. The van der Waals surface area contributed by atoms with E-state index in [4.69, 9.17) is 4.74 Å². The molecule has 0 unspecified atom stereocenters. The van der Waals surface area contributed by atoms with E-state index >= 15 is 0 Å². The maximum atomic E-state index is 12.1. The number of amides is 1. The smallest absolute Gasteiger partial charge is 0.411 e. The van der Waals surface area contributed by atoms with Crippen molar-refractivity contribution in [2.45, 2.75) is 18.9 Å². The van der Waals surface area contributed by atoms with Crippen LogP contribution in [0.3, 0.4) is 0 Å². The van der Waals surface area contributed by atoms with Crippen molar-refractivity contribution >= 4 is 11.8 Å². The SMILES string of the molecule is O=C(Nc1ccccc1-c1ccc(O)cc1)OC1CCNCC1. The molecule has 2 aromatic carbocycles. The number of carbonyl (C=O) groups excluding carboxylic acids is 1. The fraction of sp³-hybridized carbons (Fsp3) is 0.278. The minimum atomic E-state index is -0.428. The summed E-state index contributed by atoms with van der Waals surface area (Å²) < 4.78 is 5.48. The van der Waals surface area contributed by atoms with Crippen LogP contribution in [0, 0.1) is 0 Å². The van der Waals surface area contributed by atoms with Crippen LogP contribution in [0.4, 0.5) is 10.5 Å². The van der Waals surface area contributed by atoms with Crippen molar-refractivity contribution in [1.29, 1.82) is 0 Å². The maximum absolute atomic E-state index is 12.1. The first-order valence-electron chi connectivity index (χ1n) is 7.79. The zero-order valence-corrected chi connectivity index (χ0v) is 12.8. The van der Waals surface area contributed by atoms with Gasteiger partial charge in [0, 0.05) is 5.56 Å². The number of para-hydroxylation sites is 1. The molecule has 1 aliphatic heterocycles. The first-order valence-corrected chi connectivity index (χ1v) is 7.79. The monoisotopic (exact) mass is 312 g/mol. The molecule has 0 spiro atoms. The van der Waals surface area contributed by atoms with E-state index in [9.17, 15) is 9.90 Å². The summed E-state index contributed by atoms with van der Waals surface area (Å²) in [5.41, 5.74) is 2.49. The third-order valence-electron chi connectivity index (χ3n) is 3.90. The number of carbonyl (C=O) groups is 1. The average molecular weight is 312 g/mol. The van der Waals surface area contributed by atoms with Crippen LogP contribution in [-0.2, 0) is 4.74 Å². The van der Waals surface area contributed by atoms with Crippen LogP contribution in [0.1, 0.15) is 12.8 Å². The van der Waals surface area contributed by atoms with Crippen molar-refractivity contribution in [3.63, 3.8) is 0 Å². The molecule has 0 saturated carbocycles. The minimum absolute atomic E-state index is 0.0305. The normalized spacial score (nSPS) is 15.1. The van der Waals surface area contributed by atoms with Gasteiger partial charge in [0.05, 0.1) is 5.69 Å². The van der Waals surface area contributed by atoms with Crippen molar-refractivity contribution in [2.24, 2.45) is 0 Å². The first-order chi connectivity index (χ1) is 11.2. The zero-order valence-electron chi connectivity index (χ0n) is 12.8. The second-order valence-electron chi connectivity index (χ2n) is 5.57. The highest BCUT2D eigenvalue weighted by Gasteiger charge is 2.18. The fourth-order valence-electron chi connectivity index (χ4n) is 2.69. The lowest BCUT2D eigenvalue weighted by molar-refractivity contribution is 0.0909. The summed E-state index contributed by atoms with van der Waals surface area (Å²) in [6.45, 7) is 1.75. The van der Waals surface area contributed by atoms with E-state index in [0.29, 0.717) is 5.69 Å². The Morgan fingerprint density at radius 2 is 1.78 bits per heavy atom. The Morgan fingerprint density at radius 1 is 1.09 bits per heavy atom. The molecule has 5 nitrogen and oxygen atoms in total. The second-order valence-corrected chi connectivity index (χ2v) is 5.57. The molecular weight excluding hydrogens is 292 g/mol. The molecule has 1 saturated heterocycles. The third kappa shape index (κ3) is 4.02. The minimum Gasteiger partial charge on any atom is -0.508 e. The molecule has 1 heterocycles. The van der Waals surface area contributed by atoms with Crippen LogP contribution in [0.5, 0.6) is 5.75 Å². The summed E-state index contributed by atoms with van der Waals surface area (Å²) in [5.74, 6) is 0.213. The number of aromatic hydroxyl groups is 1. The van der Waals surface area contributed by atoms with Crippen LogP contribution in [0.15, 0.2) is 48.5 Å². The quantitative estimate of drug-likeness (QED) is 0.813. The van der Waals surface area contributed by atoms with E-state index in [0.717, 1.165) is 37.1 Å². The van der Waals surface area contributed by atoms with E-state index in [1.807, 2.05) is 36.4 Å². The van der Waals surface area contributed by atoms with Gasteiger partial charge >= 0.3 is 6.09 Å². The van der Waals surface area contributed by atoms with Crippen LogP contribution < -0.4 is 10.6 Å². The molecule has 1 amide bonds. The summed E-state index contributed by atoms with van der Waals surface area (Å²) in [6, 6.07) is 14.4. The summed E-state index contributed by atoms with van der Waals surface area (Å²) in [4.78, 5) is 12.1. The van der Waals surface area contributed by atoms with Crippen molar-refractivity contribution in [3.05, 3.63) is 48.5 Å². The van der Waals surface area contributed by atoms with Crippen molar-refractivity contribution in [1.82, 2.24) is 5.32 Å². The lowest BCUT2D eigenvalue weighted by Gasteiger charge is -2.23. The Balaban J connectivity index is 1.72. The lowest BCUT2D eigenvalue weighted by atomic mass is 10.0. The van der Waals surface area contributed by atoms with Crippen LogP contribution in [0.2, 0.25) is 0 Å². The predicted octanol–water partition coefficient (Wildman–Crippen LogP) is 3.36. The van der Waals surface area contributed by atoms with Gasteiger partial charge in [-0.05, 0) is 49.7 Å². The highest BCUT2D eigenvalue weighted by molar-refractivity contribution is 5.91. The van der Waals surface area contributed by atoms with Gasteiger partial charge in [0.2, 0.25) is 0 Å². The summed E-state index contributed by atoms with van der Waals surface area (Å²) in [7, 11) is 0. The van der Waals surface area contributed by atoms with Gasteiger partial charge in [-0.15, -0.1) is 0 Å². The fourth-order valence-corrected chi connectivity index (χ4v) is 2.69. The first kappa shape index (κ1) is 15.4. The molecule has 0 radical (unpaired) electrons. The molecule has 1 fully saturated rings. The number of piperidine rings is 1.